The molecule has 1 spiro atoms. The minimum atomic E-state index is -0.154. The molecule has 1 atom stereocenters. The Morgan fingerprint density at radius 3 is 2.62 bits per heavy atom. The Morgan fingerprint density at radius 1 is 1.25 bits per heavy atom. The SMILES string of the molecule is O=C([C@@H]1CCCO1)N1CCC2(CCN(Cc3nccs3)CC2)CC1. The molecule has 1 aromatic rings. The van der Waals surface area contributed by atoms with Gasteiger partial charge in [-0.15, -0.1) is 11.3 Å². The van der Waals surface area contributed by atoms with Crippen molar-refractivity contribution in [3.63, 3.8) is 0 Å². The zero-order valence-corrected chi connectivity index (χ0v) is 15.1. The maximum atomic E-state index is 12.5. The number of hydrogen-bond acceptors (Lipinski definition) is 5. The number of likely N-dealkylation sites (tertiary alicyclic amines) is 2. The molecule has 1 aromatic heterocycles. The third-order valence-corrected chi connectivity index (χ3v) is 6.86. The Hall–Kier alpha value is -0.980. The van der Waals surface area contributed by atoms with Crippen LogP contribution in [0.3, 0.4) is 0 Å². The summed E-state index contributed by atoms with van der Waals surface area (Å²) in [5.41, 5.74) is 0.465. The fourth-order valence-electron chi connectivity index (χ4n) is 4.39. The molecular weight excluding hydrogens is 322 g/mol. The average molecular weight is 350 g/mol. The summed E-state index contributed by atoms with van der Waals surface area (Å²) in [6.45, 7) is 5.93. The highest BCUT2D eigenvalue weighted by molar-refractivity contribution is 7.09. The van der Waals surface area contributed by atoms with Crippen molar-refractivity contribution in [3.05, 3.63) is 16.6 Å². The quantitative estimate of drug-likeness (QED) is 0.841. The molecule has 3 saturated heterocycles. The van der Waals surface area contributed by atoms with Gasteiger partial charge in [0.2, 0.25) is 0 Å². The monoisotopic (exact) mass is 349 g/mol. The predicted octanol–water partition coefficient (Wildman–Crippen LogP) is 2.53. The lowest BCUT2D eigenvalue weighted by Gasteiger charge is -2.47. The first-order chi connectivity index (χ1) is 11.7. The van der Waals surface area contributed by atoms with Crippen LogP contribution < -0.4 is 0 Å². The Bertz CT molecular complexity index is 539. The summed E-state index contributed by atoms with van der Waals surface area (Å²) in [7, 11) is 0. The molecule has 3 aliphatic rings. The van der Waals surface area contributed by atoms with Crippen LogP contribution in [0.1, 0.15) is 43.5 Å². The molecule has 132 valence electrons. The van der Waals surface area contributed by atoms with Crippen molar-refractivity contribution in [2.24, 2.45) is 5.41 Å². The molecule has 0 saturated carbocycles. The van der Waals surface area contributed by atoms with Gasteiger partial charge < -0.3 is 9.64 Å². The normalized spacial score (nSPS) is 27.7. The molecule has 0 unspecified atom stereocenters. The largest absolute Gasteiger partial charge is 0.368 e. The summed E-state index contributed by atoms with van der Waals surface area (Å²) in [6, 6.07) is 0. The number of ether oxygens (including phenoxy) is 1. The number of carbonyl (C=O) groups is 1. The molecule has 0 radical (unpaired) electrons. The first-order valence-corrected chi connectivity index (χ1v) is 10.1. The lowest BCUT2D eigenvalue weighted by molar-refractivity contribution is -0.143. The smallest absolute Gasteiger partial charge is 0.251 e. The van der Waals surface area contributed by atoms with Crippen LogP contribution >= 0.6 is 11.3 Å². The lowest BCUT2D eigenvalue weighted by atomic mass is 9.71. The lowest BCUT2D eigenvalue weighted by Crippen LogP contribution is -2.50. The zero-order valence-electron chi connectivity index (χ0n) is 14.3. The summed E-state index contributed by atoms with van der Waals surface area (Å²) in [6.07, 6.45) is 8.54. The molecule has 0 aromatic carbocycles. The number of carbonyl (C=O) groups excluding carboxylic acids is 1. The molecule has 24 heavy (non-hydrogen) atoms. The van der Waals surface area contributed by atoms with E-state index in [0.29, 0.717) is 5.41 Å². The van der Waals surface area contributed by atoms with Gasteiger partial charge in [-0.1, -0.05) is 0 Å². The van der Waals surface area contributed by atoms with Crippen molar-refractivity contribution in [1.29, 1.82) is 0 Å². The topological polar surface area (TPSA) is 45.7 Å². The summed E-state index contributed by atoms with van der Waals surface area (Å²) in [5.74, 6) is 0.239. The van der Waals surface area contributed by atoms with Gasteiger partial charge in [-0.25, -0.2) is 4.98 Å². The Balaban J connectivity index is 1.26. The van der Waals surface area contributed by atoms with Gasteiger partial charge in [0.25, 0.3) is 5.91 Å². The number of aromatic nitrogens is 1. The first kappa shape index (κ1) is 16.5. The van der Waals surface area contributed by atoms with Gasteiger partial charge in [0.1, 0.15) is 11.1 Å². The van der Waals surface area contributed by atoms with E-state index < -0.39 is 0 Å². The highest BCUT2D eigenvalue weighted by atomic mass is 32.1. The Morgan fingerprint density at radius 2 is 2.00 bits per heavy atom. The highest BCUT2D eigenvalue weighted by Gasteiger charge is 2.40. The van der Waals surface area contributed by atoms with Crippen LogP contribution in [0.25, 0.3) is 0 Å². The van der Waals surface area contributed by atoms with Crippen LogP contribution in [0.4, 0.5) is 0 Å². The zero-order chi connectivity index (χ0) is 16.4. The van der Waals surface area contributed by atoms with Crippen LogP contribution in [0.15, 0.2) is 11.6 Å². The summed E-state index contributed by atoms with van der Waals surface area (Å²) >= 11 is 1.75. The fourth-order valence-corrected chi connectivity index (χ4v) is 5.04. The van der Waals surface area contributed by atoms with Gasteiger partial charge >= 0.3 is 0 Å². The molecule has 0 bridgehead atoms. The molecule has 1 amide bonds. The molecule has 5 nitrogen and oxygen atoms in total. The number of piperidine rings is 2. The molecule has 3 aliphatic heterocycles. The second-order valence-corrected chi connectivity index (χ2v) is 8.51. The molecule has 0 aliphatic carbocycles. The third kappa shape index (κ3) is 3.51. The third-order valence-electron chi connectivity index (χ3n) is 6.10. The van der Waals surface area contributed by atoms with Gasteiger partial charge in [0.05, 0.1) is 6.54 Å². The number of rotatable bonds is 3. The van der Waals surface area contributed by atoms with Crippen LogP contribution in [-0.4, -0.2) is 59.6 Å². The van der Waals surface area contributed by atoms with Crippen LogP contribution in [0.2, 0.25) is 0 Å². The van der Waals surface area contributed by atoms with E-state index in [0.717, 1.165) is 51.9 Å². The van der Waals surface area contributed by atoms with E-state index in [1.807, 2.05) is 6.20 Å². The van der Waals surface area contributed by atoms with Crippen molar-refractivity contribution < 1.29 is 9.53 Å². The van der Waals surface area contributed by atoms with Crippen molar-refractivity contribution >= 4 is 17.2 Å². The number of nitrogens with zero attached hydrogens (tertiary/aromatic N) is 3. The molecule has 0 N–H and O–H groups in total. The fraction of sp³-hybridized carbons (Fsp3) is 0.778. The number of thiazole rings is 1. The van der Waals surface area contributed by atoms with E-state index >= 15 is 0 Å². The number of hydrogen-bond donors (Lipinski definition) is 0. The average Bonchev–Trinajstić information content (AvgIpc) is 3.31. The molecule has 3 fully saturated rings. The van der Waals surface area contributed by atoms with E-state index in [2.05, 4.69) is 20.2 Å². The van der Waals surface area contributed by atoms with Crippen LogP contribution in [0.5, 0.6) is 0 Å². The predicted molar refractivity (Wildman–Crippen MR) is 93.8 cm³/mol. The highest BCUT2D eigenvalue weighted by Crippen LogP contribution is 2.41. The van der Waals surface area contributed by atoms with Crippen molar-refractivity contribution in [2.75, 3.05) is 32.8 Å². The Kier molecular flexibility index (Phi) is 4.88. The van der Waals surface area contributed by atoms with Gasteiger partial charge in [-0.2, -0.15) is 0 Å². The maximum Gasteiger partial charge on any atom is 0.251 e. The van der Waals surface area contributed by atoms with Crippen molar-refractivity contribution in [1.82, 2.24) is 14.8 Å². The van der Waals surface area contributed by atoms with Gasteiger partial charge in [0.15, 0.2) is 0 Å². The standard InChI is InChI=1S/C18H27N3O2S/c22-17(15-2-1-12-23-15)21-10-5-18(6-11-21)3-8-20(9-4-18)14-16-19-7-13-24-16/h7,13,15H,1-6,8-12,14H2/t15-/m0/s1. The van der Waals surface area contributed by atoms with E-state index in [4.69, 9.17) is 4.74 Å². The van der Waals surface area contributed by atoms with Crippen LogP contribution in [-0.2, 0) is 16.1 Å². The Labute approximate surface area is 148 Å². The van der Waals surface area contributed by atoms with E-state index in [-0.39, 0.29) is 12.0 Å². The van der Waals surface area contributed by atoms with Crippen molar-refractivity contribution in [2.45, 2.75) is 51.2 Å². The van der Waals surface area contributed by atoms with Crippen LogP contribution in [0, 0.1) is 5.41 Å². The van der Waals surface area contributed by atoms with Gasteiger partial charge in [0, 0.05) is 31.3 Å². The minimum absolute atomic E-state index is 0.154. The second kappa shape index (κ2) is 7.10. The van der Waals surface area contributed by atoms with Gasteiger partial charge in [-0.05, 0) is 57.0 Å². The molecule has 6 heteroatoms. The minimum Gasteiger partial charge on any atom is -0.368 e. The van der Waals surface area contributed by atoms with Crippen molar-refractivity contribution in [3.8, 4) is 0 Å². The molecule has 4 rings (SSSR count). The maximum absolute atomic E-state index is 12.5. The molecular formula is C18H27N3O2S. The number of amides is 1. The summed E-state index contributed by atoms with van der Waals surface area (Å²) in [4.78, 5) is 21.5. The van der Waals surface area contributed by atoms with E-state index in [1.54, 1.807) is 11.3 Å². The van der Waals surface area contributed by atoms with E-state index in [9.17, 15) is 4.79 Å². The summed E-state index contributed by atoms with van der Waals surface area (Å²) < 4.78 is 5.57. The van der Waals surface area contributed by atoms with Gasteiger partial charge in [-0.3, -0.25) is 9.69 Å². The first-order valence-electron chi connectivity index (χ1n) is 9.25. The molecule has 4 heterocycles. The second-order valence-electron chi connectivity index (χ2n) is 7.53. The van der Waals surface area contributed by atoms with E-state index in [1.165, 1.54) is 30.9 Å². The summed E-state index contributed by atoms with van der Waals surface area (Å²) in [5, 5.41) is 3.28.